The number of halogens is 2. The number of aryl methyl sites for hydroxylation is 2. The maximum absolute atomic E-state index is 13.2. The lowest BCUT2D eigenvalue weighted by Gasteiger charge is -2.29. The zero-order valence-electron chi connectivity index (χ0n) is 23.5. The summed E-state index contributed by atoms with van der Waals surface area (Å²) in [4.78, 5) is 22.4. The van der Waals surface area contributed by atoms with Crippen LogP contribution in [0.25, 0.3) is 22.2 Å². The molecule has 0 amide bonds. The minimum Gasteiger partial charge on any atom is -0.481 e. The number of pyridine rings is 2. The Morgan fingerprint density at radius 2 is 1.69 bits per heavy atom. The summed E-state index contributed by atoms with van der Waals surface area (Å²) in [6.45, 7) is 12.2. The number of hydrogen-bond acceptors (Lipinski definition) is 6. The second kappa shape index (κ2) is 11.2. The number of fused-ring (bicyclic) bond motifs is 1. The second-order valence-electron chi connectivity index (χ2n) is 10.5. The van der Waals surface area contributed by atoms with Crippen molar-refractivity contribution in [2.24, 2.45) is 0 Å². The number of carbonyl (C=O) groups is 1. The van der Waals surface area contributed by atoms with Crippen molar-refractivity contribution < 1.29 is 19.0 Å². The molecule has 0 saturated heterocycles. The van der Waals surface area contributed by atoms with Crippen LogP contribution in [0, 0.1) is 20.8 Å². The molecule has 1 aromatic carbocycles. The highest BCUT2D eigenvalue weighted by molar-refractivity contribution is 6.30. The molecule has 0 fully saturated rings. The lowest BCUT2D eigenvalue weighted by atomic mass is 9.91. The Morgan fingerprint density at radius 1 is 1.03 bits per heavy atom. The van der Waals surface area contributed by atoms with Gasteiger partial charge in [0.15, 0.2) is 6.10 Å². The molecular weight excluding hydrogens is 537 g/mol. The largest absolute Gasteiger partial charge is 0.481 e. The van der Waals surface area contributed by atoms with Crippen LogP contribution in [0.3, 0.4) is 0 Å². The van der Waals surface area contributed by atoms with Crippen molar-refractivity contribution in [1.82, 2.24) is 14.5 Å². The standard InChI is InChI=1S/C30H33Cl2N3O4/c1-16-18(3)35(15-19-13-22(32)34-23(14-19)37-7)28-24(16)26(20-9-11-21(31)12-10-20)25(17(2)33-28)27(29(36)38-8)39-30(4,5)6/h9-14,27H,15H2,1-8H3. The third-order valence-electron chi connectivity index (χ3n) is 6.65. The number of rotatable bonds is 7. The van der Waals surface area contributed by atoms with Gasteiger partial charge in [-0.25, -0.2) is 14.8 Å². The third kappa shape index (κ3) is 5.91. The number of esters is 1. The molecule has 39 heavy (non-hydrogen) atoms. The first-order chi connectivity index (χ1) is 18.3. The molecular formula is C30H33Cl2N3O4. The van der Waals surface area contributed by atoms with Crippen LogP contribution in [0.15, 0.2) is 36.4 Å². The third-order valence-corrected chi connectivity index (χ3v) is 7.09. The average Bonchev–Trinajstić information content (AvgIpc) is 3.10. The molecule has 206 valence electrons. The highest BCUT2D eigenvalue weighted by atomic mass is 35.5. The van der Waals surface area contributed by atoms with Gasteiger partial charge in [-0.3, -0.25) is 0 Å². The summed E-state index contributed by atoms with van der Waals surface area (Å²) in [5.41, 5.74) is 6.24. The highest BCUT2D eigenvalue weighted by Gasteiger charge is 2.34. The fraction of sp³-hybridized carbons (Fsp3) is 0.367. The second-order valence-corrected chi connectivity index (χ2v) is 11.3. The zero-order chi connectivity index (χ0) is 28.6. The van der Waals surface area contributed by atoms with Gasteiger partial charge in [0.05, 0.1) is 19.8 Å². The lowest BCUT2D eigenvalue weighted by molar-refractivity contribution is -0.164. The zero-order valence-corrected chi connectivity index (χ0v) is 25.0. The molecule has 0 N–H and O–H groups in total. The van der Waals surface area contributed by atoms with Gasteiger partial charge in [0.2, 0.25) is 5.88 Å². The van der Waals surface area contributed by atoms with Crippen molar-refractivity contribution in [3.63, 3.8) is 0 Å². The fourth-order valence-electron chi connectivity index (χ4n) is 4.81. The van der Waals surface area contributed by atoms with Crippen molar-refractivity contribution in [2.75, 3.05) is 14.2 Å². The van der Waals surface area contributed by atoms with Crippen molar-refractivity contribution in [3.8, 4) is 17.0 Å². The van der Waals surface area contributed by atoms with E-state index in [0.717, 1.165) is 39.0 Å². The van der Waals surface area contributed by atoms with Gasteiger partial charge in [-0.1, -0.05) is 35.3 Å². The van der Waals surface area contributed by atoms with Gasteiger partial charge in [0, 0.05) is 45.5 Å². The Morgan fingerprint density at radius 3 is 2.28 bits per heavy atom. The predicted octanol–water partition coefficient (Wildman–Crippen LogP) is 7.42. The highest BCUT2D eigenvalue weighted by Crippen LogP contribution is 2.42. The van der Waals surface area contributed by atoms with E-state index in [1.807, 2.05) is 64.1 Å². The van der Waals surface area contributed by atoms with Crippen LogP contribution >= 0.6 is 23.2 Å². The maximum Gasteiger partial charge on any atom is 0.339 e. The quantitative estimate of drug-likeness (QED) is 0.170. The summed E-state index contributed by atoms with van der Waals surface area (Å²) >= 11 is 12.5. The molecule has 0 spiro atoms. The van der Waals surface area contributed by atoms with Crippen LogP contribution in [-0.4, -0.2) is 40.3 Å². The van der Waals surface area contributed by atoms with Gasteiger partial charge < -0.3 is 18.8 Å². The van der Waals surface area contributed by atoms with E-state index in [9.17, 15) is 4.79 Å². The minimum absolute atomic E-state index is 0.351. The Bertz CT molecular complexity index is 1540. The number of methoxy groups -OCH3 is 2. The summed E-state index contributed by atoms with van der Waals surface area (Å²) in [6.07, 6.45) is -0.983. The normalized spacial score (nSPS) is 12.6. The number of nitrogens with zero attached hydrogens (tertiary/aromatic N) is 3. The molecule has 9 heteroatoms. The number of ether oxygens (including phenoxy) is 3. The molecule has 3 aromatic heterocycles. The summed E-state index contributed by atoms with van der Waals surface area (Å²) in [5.74, 6) is -0.0476. The van der Waals surface area contributed by atoms with Gasteiger partial charge in [-0.15, -0.1) is 0 Å². The summed E-state index contributed by atoms with van der Waals surface area (Å²) in [7, 11) is 2.93. The Labute approximate surface area is 239 Å². The minimum atomic E-state index is -0.983. The summed E-state index contributed by atoms with van der Waals surface area (Å²) in [5, 5.41) is 1.89. The van der Waals surface area contributed by atoms with Crippen LogP contribution in [-0.2, 0) is 20.8 Å². The van der Waals surface area contributed by atoms with Crippen LogP contribution in [0.4, 0.5) is 0 Å². The van der Waals surface area contributed by atoms with Crippen molar-refractivity contribution in [1.29, 1.82) is 0 Å². The Kier molecular flexibility index (Phi) is 8.26. The first-order valence-corrected chi connectivity index (χ1v) is 13.3. The molecule has 3 heterocycles. The number of carbonyl (C=O) groups excluding carboxylic acids is 1. The van der Waals surface area contributed by atoms with E-state index in [2.05, 4.69) is 23.4 Å². The number of benzene rings is 1. The molecule has 4 aromatic rings. The van der Waals surface area contributed by atoms with Crippen molar-refractivity contribution >= 4 is 40.2 Å². The topological polar surface area (TPSA) is 75.5 Å². The van der Waals surface area contributed by atoms with E-state index in [1.165, 1.54) is 7.11 Å². The molecule has 0 saturated carbocycles. The average molecular weight is 571 g/mol. The van der Waals surface area contributed by atoms with E-state index in [4.69, 9.17) is 42.4 Å². The van der Waals surface area contributed by atoms with E-state index in [-0.39, 0.29) is 0 Å². The molecule has 0 aliphatic rings. The summed E-state index contributed by atoms with van der Waals surface area (Å²) in [6, 6.07) is 11.2. The van der Waals surface area contributed by atoms with Crippen LogP contribution in [0.1, 0.15) is 55.0 Å². The first kappa shape index (κ1) is 28.9. The van der Waals surface area contributed by atoms with Gasteiger partial charge in [-0.2, -0.15) is 0 Å². The molecule has 4 rings (SSSR count). The van der Waals surface area contributed by atoms with E-state index < -0.39 is 17.7 Å². The molecule has 0 bridgehead atoms. The molecule has 0 aliphatic carbocycles. The maximum atomic E-state index is 13.2. The van der Waals surface area contributed by atoms with Crippen LogP contribution in [0.2, 0.25) is 10.2 Å². The SMILES string of the molecule is COC(=O)C(OC(C)(C)C)c1c(C)nc2c(c(C)c(C)n2Cc2cc(Cl)nc(OC)c2)c1-c1ccc(Cl)cc1. The lowest BCUT2D eigenvalue weighted by Crippen LogP contribution is -2.29. The van der Waals surface area contributed by atoms with Crippen molar-refractivity contribution in [3.05, 3.63) is 74.7 Å². The fourth-order valence-corrected chi connectivity index (χ4v) is 5.16. The monoisotopic (exact) mass is 569 g/mol. The number of aromatic nitrogens is 3. The molecule has 1 unspecified atom stereocenters. The van der Waals surface area contributed by atoms with Crippen LogP contribution in [0.5, 0.6) is 5.88 Å². The Hall–Kier alpha value is -3.13. The molecule has 0 radical (unpaired) electrons. The van der Waals surface area contributed by atoms with Crippen LogP contribution < -0.4 is 4.74 Å². The van der Waals surface area contributed by atoms with Gasteiger partial charge in [0.1, 0.15) is 10.8 Å². The Balaban J connectivity index is 2.06. The predicted molar refractivity (Wildman–Crippen MR) is 155 cm³/mol. The van der Waals surface area contributed by atoms with Crippen molar-refractivity contribution in [2.45, 2.75) is 59.8 Å². The van der Waals surface area contributed by atoms with Gasteiger partial charge in [-0.05, 0) is 76.4 Å². The molecule has 0 aliphatic heterocycles. The molecule has 7 nitrogen and oxygen atoms in total. The van der Waals surface area contributed by atoms with Gasteiger partial charge in [0.25, 0.3) is 0 Å². The van der Waals surface area contributed by atoms with Gasteiger partial charge >= 0.3 is 5.97 Å². The van der Waals surface area contributed by atoms with E-state index in [1.54, 1.807) is 7.11 Å². The summed E-state index contributed by atoms with van der Waals surface area (Å²) < 4.78 is 19.0. The van der Waals surface area contributed by atoms with E-state index >= 15 is 0 Å². The first-order valence-electron chi connectivity index (χ1n) is 12.6. The number of hydrogen-bond donors (Lipinski definition) is 0. The van der Waals surface area contributed by atoms with E-state index in [0.29, 0.717) is 33.9 Å². The smallest absolute Gasteiger partial charge is 0.339 e. The molecule has 1 atom stereocenters.